The minimum atomic E-state index is -0.204. The van der Waals surface area contributed by atoms with Crippen molar-refractivity contribution in [2.75, 3.05) is 0 Å². The lowest BCUT2D eigenvalue weighted by Gasteiger charge is -2.07. The second kappa shape index (κ2) is 4.20. The summed E-state index contributed by atoms with van der Waals surface area (Å²) in [7, 11) is 0. The molecule has 0 aliphatic carbocycles. The SMILES string of the molecule is Cc1cc(-n2ccn3c(C)nnc3c2=O)ccc1Cl. The second-order valence-electron chi connectivity index (χ2n) is 4.35. The van der Waals surface area contributed by atoms with Gasteiger partial charge < -0.3 is 0 Å². The number of nitrogens with zero attached hydrogens (tertiary/aromatic N) is 4. The van der Waals surface area contributed by atoms with Crippen molar-refractivity contribution in [3.8, 4) is 5.69 Å². The maximum Gasteiger partial charge on any atom is 0.300 e. The maximum absolute atomic E-state index is 12.3. The third-order valence-corrected chi connectivity index (χ3v) is 3.48. The first-order valence-electron chi connectivity index (χ1n) is 5.77. The van der Waals surface area contributed by atoms with Gasteiger partial charge in [0.2, 0.25) is 5.65 Å². The van der Waals surface area contributed by atoms with Gasteiger partial charge in [-0.15, -0.1) is 10.2 Å². The Morgan fingerprint density at radius 3 is 2.68 bits per heavy atom. The van der Waals surface area contributed by atoms with Crippen LogP contribution in [0.4, 0.5) is 0 Å². The molecule has 5 nitrogen and oxygen atoms in total. The van der Waals surface area contributed by atoms with E-state index in [1.54, 1.807) is 35.9 Å². The lowest BCUT2D eigenvalue weighted by Crippen LogP contribution is -2.20. The maximum atomic E-state index is 12.3. The van der Waals surface area contributed by atoms with Crippen LogP contribution in [0.3, 0.4) is 0 Å². The summed E-state index contributed by atoms with van der Waals surface area (Å²) in [6.07, 6.45) is 3.48. The molecule has 0 fully saturated rings. The monoisotopic (exact) mass is 274 g/mol. The van der Waals surface area contributed by atoms with E-state index in [1.807, 2.05) is 13.0 Å². The normalized spacial score (nSPS) is 11.1. The zero-order chi connectivity index (χ0) is 13.6. The van der Waals surface area contributed by atoms with E-state index in [1.165, 1.54) is 4.57 Å². The molecule has 96 valence electrons. The molecule has 0 bridgehead atoms. The highest BCUT2D eigenvalue weighted by Gasteiger charge is 2.09. The van der Waals surface area contributed by atoms with Crippen LogP contribution in [-0.2, 0) is 0 Å². The zero-order valence-corrected chi connectivity index (χ0v) is 11.2. The highest BCUT2D eigenvalue weighted by Crippen LogP contribution is 2.18. The van der Waals surface area contributed by atoms with Crippen molar-refractivity contribution < 1.29 is 0 Å². The van der Waals surface area contributed by atoms with Crippen LogP contribution in [0.5, 0.6) is 0 Å². The van der Waals surface area contributed by atoms with Gasteiger partial charge in [-0.3, -0.25) is 13.8 Å². The molecule has 2 aromatic heterocycles. The molecule has 0 N–H and O–H groups in total. The lowest BCUT2D eigenvalue weighted by atomic mass is 10.2. The smallest absolute Gasteiger partial charge is 0.281 e. The van der Waals surface area contributed by atoms with Gasteiger partial charge in [-0.2, -0.15) is 0 Å². The Morgan fingerprint density at radius 1 is 1.16 bits per heavy atom. The molecule has 0 atom stereocenters. The molecular weight excluding hydrogens is 264 g/mol. The predicted octanol–water partition coefficient (Wildman–Crippen LogP) is 2.15. The number of aryl methyl sites for hydroxylation is 2. The first-order chi connectivity index (χ1) is 9.08. The zero-order valence-electron chi connectivity index (χ0n) is 10.5. The number of rotatable bonds is 1. The number of fused-ring (bicyclic) bond motifs is 1. The Morgan fingerprint density at radius 2 is 1.95 bits per heavy atom. The van der Waals surface area contributed by atoms with Crippen molar-refractivity contribution in [3.63, 3.8) is 0 Å². The minimum Gasteiger partial charge on any atom is -0.281 e. The van der Waals surface area contributed by atoms with Gasteiger partial charge in [0.05, 0.1) is 0 Å². The quantitative estimate of drug-likeness (QED) is 0.683. The highest BCUT2D eigenvalue weighted by molar-refractivity contribution is 6.31. The van der Waals surface area contributed by atoms with Crippen LogP contribution in [-0.4, -0.2) is 19.2 Å². The van der Waals surface area contributed by atoms with Crippen LogP contribution in [0, 0.1) is 13.8 Å². The molecular formula is C13H11ClN4O. The van der Waals surface area contributed by atoms with E-state index in [9.17, 15) is 4.79 Å². The average Bonchev–Trinajstić information content (AvgIpc) is 2.76. The Balaban J connectivity index is 2.28. The second-order valence-corrected chi connectivity index (χ2v) is 4.75. The number of hydrogen-bond acceptors (Lipinski definition) is 3. The molecule has 1 aromatic carbocycles. The Bertz CT molecular complexity index is 834. The molecule has 3 aromatic rings. The van der Waals surface area contributed by atoms with Crippen LogP contribution in [0.25, 0.3) is 11.3 Å². The fraction of sp³-hybridized carbons (Fsp3) is 0.154. The van der Waals surface area contributed by atoms with Crippen molar-refractivity contribution in [2.45, 2.75) is 13.8 Å². The summed E-state index contributed by atoms with van der Waals surface area (Å²) in [5.41, 5.74) is 1.79. The highest BCUT2D eigenvalue weighted by atomic mass is 35.5. The van der Waals surface area contributed by atoms with Gasteiger partial charge >= 0.3 is 5.56 Å². The fourth-order valence-electron chi connectivity index (χ4n) is 1.98. The molecule has 0 spiro atoms. The van der Waals surface area contributed by atoms with Gasteiger partial charge in [0.1, 0.15) is 5.82 Å². The van der Waals surface area contributed by atoms with E-state index in [0.717, 1.165) is 11.3 Å². The summed E-state index contributed by atoms with van der Waals surface area (Å²) in [5, 5.41) is 8.48. The molecule has 0 saturated heterocycles. The summed E-state index contributed by atoms with van der Waals surface area (Å²) in [6, 6.07) is 5.44. The Kier molecular flexibility index (Phi) is 2.64. The minimum absolute atomic E-state index is 0.204. The van der Waals surface area contributed by atoms with Crippen LogP contribution in [0.15, 0.2) is 35.4 Å². The number of halogens is 1. The van der Waals surface area contributed by atoms with Crippen LogP contribution in [0.2, 0.25) is 5.02 Å². The molecule has 19 heavy (non-hydrogen) atoms. The molecule has 0 amide bonds. The lowest BCUT2D eigenvalue weighted by molar-refractivity contribution is 0.935. The van der Waals surface area contributed by atoms with Crippen molar-refractivity contribution in [1.29, 1.82) is 0 Å². The molecule has 6 heteroatoms. The van der Waals surface area contributed by atoms with E-state index in [0.29, 0.717) is 16.5 Å². The van der Waals surface area contributed by atoms with E-state index in [4.69, 9.17) is 11.6 Å². The first-order valence-corrected chi connectivity index (χ1v) is 6.15. The Hall–Kier alpha value is -2.14. The summed E-state index contributed by atoms with van der Waals surface area (Å²) in [5.74, 6) is 0.687. The van der Waals surface area contributed by atoms with Gasteiger partial charge in [-0.25, -0.2) is 0 Å². The van der Waals surface area contributed by atoms with E-state index >= 15 is 0 Å². The molecule has 0 unspecified atom stereocenters. The van der Waals surface area contributed by atoms with Crippen LogP contribution >= 0.6 is 11.6 Å². The number of hydrogen-bond donors (Lipinski definition) is 0. The number of aromatic nitrogens is 4. The molecule has 0 aliphatic heterocycles. The topological polar surface area (TPSA) is 52.2 Å². The molecule has 0 saturated carbocycles. The van der Waals surface area contributed by atoms with E-state index in [2.05, 4.69) is 10.2 Å². The molecule has 2 heterocycles. The fourth-order valence-corrected chi connectivity index (χ4v) is 2.10. The van der Waals surface area contributed by atoms with Gasteiger partial charge in [-0.05, 0) is 37.6 Å². The largest absolute Gasteiger partial charge is 0.300 e. The number of benzene rings is 1. The third-order valence-electron chi connectivity index (χ3n) is 3.06. The van der Waals surface area contributed by atoms with E-state index in [-0.39, 0.29) is 5.56 Å². The van der Waals surface area contributed by atoms with Crippen molar-refractivity contribution in [1.82, 2.24) is 19.2 Å². The Labute approximate surface area is 114 Å². The van der Waals surface area contributed by atoms with Gasteiger partial charge in [0.25, 0.3) is 0 Å². The summed E-state index contributed by atoms with van der Waals surface area (Å²) < 4.78 is 3.20. The summed E-state index contributed by atoms with van der Waals surface area (Å²) in [4.78, 5) is 12.3. The molecule has 0 radical (unpaired) electrons. The van der Waals surface area contributed by atoms with Gasteiger partial charge in [-0.1, -0.05) is 11.6 Å². The van der Waals surface area contributed by atoms with Crippen molar-refractivity contribution >= 4 is 17.2 Å². The molecule has 3 rings (SSSR count). The van der Waals surface area contributed by atoms with Crippen molar-refractivity contribution in [2.24, 2.45) is 0 Å². The summed E-state index contributed by atoms with van der Waals surface area (Å²) in [6.45, 7) is 3.70. The molecule has 0 aliphatic rings. The predicted molar refractivity (Wildman–Crippen MR) is 73.1 cm³/mol. The third kappa shape index (κ3) is 1.82. The average molecular weight is 275 g/mol. The van der Waals surface area contributed by atoms with Gasteiger partial charge in [0.15, 0.2) is 0 Å². The van der Waals surface area contributed by atoms with Crippen molar-refractivity contribution in [3.05, 3.63) is 57.4 Å². The van der Waals surface area contributed by atoms with Gasteiger partial charge in [0, 0.05) is 23.1 Å². The first kappa shape index (κ1) is 11.9. The van der Waals surface area contributed by atoms with E-state index < -0.39 is 0 Å². The van der Waals surface area contributed by atoms with Crippen LogP contribution in [0.1, 0.15) is 11.4 Å². The van der Waals surface area contributed by atoms with Crippen LogP contribution < -0.4 is 5.56 Å². The standard InChI is InChI=1S/C13H11ClN4O/c1-8-7-10(3-4-11(8)14)18-6-5-17-9(2)15-16-12(17)13(18)19/h3-7H,1-2H3. The summed E-state index contributed by atoms with van der Waals surface area (Å²) >= 11 is 5.99.